The summed E-state index contributed by atoms with van der Waals surface area (Å²) in [5.74, 6) is 1.94. The van der Waals surface area contributed by atoms with E-state index in [0.717, 1.165) is 43.9 Å². The minimum atomic E-state index is 0.837. The quantitative estimate of drug-likeness (QED) is 0.317. The van der Waals surface area contributed by atoms with Gasteiger partial charge in [0, 0.05) is 43.4 Å². The molecule has 0 radical (unpaired) electrons. The van der Waals surface area contributed by atoms with Crippen molar-refractivity contribution in [2.24, 2.45) is 4.99 Å². The Morgan fingerprint density at radius 1 is 1.23 bits per heavy atom. The van der Waals surface area contributed by atoms with Gasteiger partial charge >= 0.3 is 0 Å². The second kappa shape index (κ2) is 9.74. The third-order valence-corrected chi connectivity index (χ3v) is 4.80. The Kier molecular flexibility index (Phi) is 7.60. The molecule has 1 aliphatic carbocycles. The van der Waals surface area contributed by atoms with E-state index in [1.807, 2.05) is 18.8 Å². The first kappa shape index (κ1) is 17.2. The number of guanidine groups is 1. The molecule has 0 saturated heterocycles. The van der Waals surface area contributed by atoms with Crippen molar-refractivity contribution in [3.05, 3.63) is 30.3 Å². The molecule has 1 aliphatic rings. The van der Waals surface area contributed by atoms with E-state index < -0.39 is 0 Å². The van der Waals surface area contributed by atoms with Crippen LogP contribution in [0.15, 0.2) is 40.2 Å². The molecule has 5 heteroatoms. The number of nitrogens with one attached hydrogen (secondary N) is 2. The number of benzene rings is 1. The predicted octanol–water partition coefficient (Wildman–Crippen LogP) is 2.43. The van der Waals surface area contributed by atoms with Gasteiger partial charge in [-0.2, -0.15) is 0 Å². The summed E-state index contributed by atoms with van der Waals surface area (Å²) < 4.78 is 0. The topological polar surface area (TPSA) is 39.7 Å². The van der Waals surface area contributed by atoms with Crippen molar-refractivity contribution in [1.82, 2.24) is 15.5 Å². The lowest BCUT2D eigenvalue weighted by molar-refractivity contribution is 0.282. The smallest absolute Gasteiger partial charge is 0.191 e. The van der Waals surface area contributed by atoms with Crippen molar-refractivity contribution < 1.29 is 0 Å². The first-order valence-corrected chi connectivity index (χ1v) is 9.18. The van der Waals surface area contributed by atoms with E-state index >= 15 is 0 Å². The molecular formula is C17H28N4S. The van der Waals surface area contributed by atoms with Crippen molar-refractivity contribution in [3.8, 4) is 0 Å². The summed E-state index contributed by atoms with van der Waals surface area (Å²) in [6.07, 6.45) is 2.75. The summed E-state index contributed by atoms with van der Waals surface area (Å²) in [7, 11) is 1.83. The van der Waals surface area contributed by atoms with Crippen molar-refractivity contribution in [3.63, 3.8) is 0 Å². The molecule has 0 spiro atoms. The monoisotopic (exact) mass is 320 g/mol. The van der Waals surface area contributed by atoms with E-state index in [1.165, 1.54) is 17.7 Å². The van der Waals surface area contributed by atoms with Gasteiger partial charge in [0.2, 0.25) is 0 Å². The number of hydrogen-bond donors (Lipinski definition) is 2. The van der Waals surface area contributed by atoms with E-state index in [-0.39, 0.29) is 0 Å². The molecule has 122 valence electrons. The van der Waals surface area contributed by atoms with Gasteiger partial charge in [0.15, 0.2) is 5.96 Å². The number of hydrogen-bond acceptors (Lipinski definition) is 3. The van der Waals surface area contributed by atoms with Gasteiger partial charge in [-0.25, -0.2) is 0 Å². The van der Waals surface area contributed by atoms with Crippen LogP contribution in [0.3, 0.4) is 0 Å². The second-order valence-electron chi connectivity index (χ2n) is 5.45. The molecule has 0 bridgehead atoms. The fourth-order valence-electron chi connectivity index (χ4n) is 2.43. The summed E-state index contributed by atoms with van der Waals surface area (Å²) in [5.41, 5.74) is 0. The van der Waals surface area contributed by atoms with Crippen LogP contribution in [-0.2, 0) is 0 Å². The van der Waals surface area contributed by atoms with Crippen LogP contribution in [0.1, 0.15) is 19.8 Å². The number of aliphatic imine (C=N–C) groups is 1. The second-order valence-corrected chi connectivity index (χ2v) is 6.62. The normalized spacial score (nSPS) is 15.1. The molecule has 0 heterocycles. The van der Waals surface area contributed by atoms with Gasteiger partial charge in [0.25, 0.3) is 0 Å². The molecule has 1 saturated carbocycles. The Bertz CT molecular complexity index is 445. The minimum Gasteiger partial charge on any atom is -0.356 e. The molecule has 1 fully saturated rings. The molecule has 0 aliphatic heterocycles. The average molecular weight is 321 g/mol. The summed E-state index contributed by atoms with van der Waals surface area (Å²) in [6.45, 7) is 6.36. The van der Waals surface area contributed by atoms with Crippen LogP contribution in [0, 0.1) is 0 Å². The maximum Gasteiger partial charge on any atom is 0.191 e. The van der Waals surface area contributed by atoms with Gasteiger partial charge < -0.3 is 10.6 Å². The Hall–Kier alpha value is -1.20. The van der Waals surface area contributed by atoms with Crippen molar-refractivity contribution >= 4 is 17.7 Å². The zero-order valence-corrected chi connectivity index (χ0v) is 14.5. The van der Waals surface area contributed by atoms with Crippen molar-refractivity contribution in [2.45, 2.75) is 30.7 Å². The lowest BCUT2D eigenvalue weighted by Crippen LogP contribution is -2.42. The van der Waals surface area contributed by atoms with Crippen LogP contribution < -0.4 is 10.6 Å². The Balaban J connectivity index is 1.56. The van der Waals surface area contributed by atoms with Gasteiger partial charge in [0.05, 0.1) is 0 Å². The fourth-order valence-corrected chi connectivity index (χ4v) is 3.22. The van der Waals surface area contributed by atoms with E-state index in [0.29, 0.717) is 0 Å². The molecule has 2 rings (SSSR count). The van der Waals surface area contributed by atoms with E-state index in [2.05, 4.69) is 57.8 Å². The number of thioether (sulfide) groups is 1. The van der Waals surface area contributed by atoms with Crippen molar-refractivity contribution in [1.29, 1.82) is 0 Å². The predicted molar refractivity (Wildman–Crippen MR) is 96.8 cm³/mol. The molecule has 1 aromatic carbocycles. The molecule has 0 amide bonds. The lowest BCUT2D eigenvalue weighted by Gasteiger charge is -2.20. The molecule has 1 aromatic rings. The molecule has 2 N–H and O–H groups in total. The fraction of sp³-hybridized carbons (Fsp3) is 0.588. The molecule has 0 atom stereocenters. The first-order chi connectivity index (χ1) is 10.8. The van der Waals surface area contributed by atoms with Crippen LogP contribution in [0.2, 0.25) is 0 Å². The Morgan fingerprint density at radius 3 is 2.59 bits per heavy atom. The number of rotatable bonds is 9. The SMILES string of the molecule is CCN(CCNC(=NC)NCCSc1ccccc1)C1CC1. The largest absolute Gasteiger partial charge is 0.356 e. The highest BCUT2D eigenvalue weighted by molar-refractivity contribution is 7.99. The van der Waals surface area contributed by atoms with Gasteiger partial charge in [-0.15, -0.1) is 11.8 Å². The maximum absolute atomic E-state index is 4.28. The van der Waals surface area contributed by atoms with Crippen LogP contribution in [0.5, 0.6) is 0 Å². The van der Waals surface area contributed by atoms with Gasteiger partial charge in [-0.3, -0.25) is 9.89 Å². The molecular weight excluding hydrogens is 292 g/mol. The highest BCUT2D eigenvalue weighted by Gasteiger charge is 2.27. The molecule has 4 nitrogen and oxygen atoms in total. The summed E-state index contributed by atoms with van der Waals surface area (Å²) in [4.78, 5) is 8.14. The van der Waals surface area contributed by atoms with Gasteiger partial charge in [-0.05, 0) is 31.5 Å². The highest BCUT2D eigenvalue weighted by Crippen LogP contribution is 2.25. The van der Waals surface area contributed by atoms with E-state index in [1.54, 1.807) is 0 Å². The standard InChI is InChI=1S/C17H28N4S/c1-3-21(15-9-10-15)13-11-19-17(18-2)20-12-14-22-16-7-5-4-6-8-16/h4-8,15H,3,9-14H2,1-2H3,(H2,18,19,20). The van der Waals surface area contributed by atoms with E-state index in [4.69, 9.17) is 0 Å². The lowest BCUT2D eigenvalue weighted by atomic mass is 10.4. The summed E-state index contributed by atoms with van der Waals surface area (Å²) >= 11 is 1.86. The molecule has 22 heavy (non-hydrogen) atoms. The maximum atomic E-state index is 4.28. The van der Waals surface area contributed by atoms with Crippen LogP contribution in [0.4, 0.5) is 0 Å². The zero-order chi connectivity index (χ0) is 15.6. The molecule has 0 unspecified atom stereocenters. The summed E-state index contributed by atoms with van der Waals surface area (Å²) in [5, 5.41) is 6.78. The van der Waals surface area contributed by atoms with Gasteiger partial charge in [-0.1, -0.05) is 25.1 Å². The average Bonchev–Trinajstić information content (AvgIpc) is 3.39. The Labute approximate surface area is 138 Å². The Morgan fingerprint density at radius 2 is 1.95 bits per heavy atom. The number of likely N-dealkylation sites (N-methyl/N-ethyl adjacent to an activating group) is 1. The van der Waals surface area contributed by atoms with Crippen molar-refractivity contribution in [2.75, 3.05) is 39.0 Å². The van der Waals surface area contributed by atoms with Crippen LogP contribution in [-0.4, -0.2) is 55.9 Å². The third kappa shape index (κ3) is 6.28. The van der Waals surface area contributed by atoms with Crippen LogP contribution >= 0.6 is 11.8 Å². The van der Waals surface area contributed by atoms with Crippen LogP contribution in [0.25, 0.3) is 0 Å². The number of nitrogens with zero attached hydrogens (tertiary/aromatic N) is 2. The third-order valence-electron chi connectivity index (χ3n) is 3.79. The highest BCUT2D eigenvalue weighted by atomic mass is 32.2. The van der Waals surface area contributed by atoms with Gasteiger partial charge in [0.1, 0.15) is 0 Å². The zero-order valence-electron chi connectivity index (χ0n) is 13.7. The van der Waals surface area contributed by atoms with E-state index in [9.17, 15) is 0 Å². The minimum absolute atomic E-state index is 0.837. The first-order valence-electron chi connectivity index (χ1n) is 8.20. The molecule has 0 aromatic heterocycles. The summed E-state index contributed by atoms with van der Waals surface area (Å²) in [6, 6.07) is 11.3.